The highest BCUT2D eigenvalue weighted by Gasteiger charge is 2.31. The van der Waals surface area contributed by atoms with Crippen molar-refractivity contribution in [1.29, 1.82) is 0 Å². The number of aromatic nitrogens is 3. The van der Waals surface area contributed by atoms with Crippen LogP contribution in [0.25, 0.3) is 10.7 Å². The van der Waals surface area contributed by atoms with Crippen LogP contribution in [0, 0.1) is 16.6 Å². The Morgan fingerprint density at radius 3 is 3.04 bits per heavy atom. The van der Waals surface area contributed by atoms with Crippen molar-refractivity contribution in [1.82, 2.24) is 20.1 Å². The summed E-state index contributed by atoms with van der Waals surface area (Å²) in [5.41, 5.74) is 0. The molecule has 2 N–H and O–H groups in total. The lowest BCUT2D eigenvalue weighted by Crippen LogP contribution is -2.38. The van der Waals surface area contributed by atoms with Gasteiger partial charge in [-0.3, -0.25) is 14.5 Å². The predicted molar refractivity (Wildman–Crippen MR) is 101 cm³/mol. The average Bonchev–Trinajstić information content (AvgIpc) is 3.31. The van der Waals surface area contributed by atoms with E-state index in [1.54, 1.807) is 15.9 Å². The maximum Gasteiger partial charge on any atom is 0.242 e. The summed E-state index contributed by atoms with van der Waals surface area (Å²) in [7, 11) is 0. The summed E-state index contributed by atoms with van der Waals surface area (Å²) in [5.74, 6) is 1.47. The molecule has 1 aliphatic heterocycles. The molecule has 0 aliphatic carbocycles. The molecule has 3 atom stereocenters. The molecule has 0 saturated carbocycles. The minimum atomic E-state index is -0.428. The van der Waals surface area contributed by atoms with Gasteiger partial charge < -0.3 is 10.1 Å². The highest BCUT2D eigenvalue weighted by atomic mass is 32.1. The Kier molecular flexibility index (Phi) is 5.71. The lowest BCUT2D eigenvalue weighted by Gasteiger charge is -2.23. The van der Waals surface area contributed by atoms with Crippen LogP contribution in [0.1, 0.15) is 33.2 Å². The smallest absolute Gasteiger partial charge is 0.242 e. The van der Waals surface area contributed by atoms with E-state index in [0.29, 0.717) is 29.0 Å². The second kappa shape index (κ2) is 7.80. The minimum Gasteiger partial charge on any atom is -0.378 e. The summed E-state index contributed by atoms with van der Waals surface area (Å²) in [6.07, 6.45) is 1.21. The summed E-state index contributed by atoms with van der Waals surface area (Å²) in [6.45, 7) is 7.57. The van der Waals surface area contributed by atoms with Gasteiger partial charge in [0.15, 0.2) is 10.6 Å². The fourth-order valence-electron chi connectivity index (χ4n) is 3.35. The topological polar surface area (TPSA) is 71.9 Å². The molecule has 0 radical (unpaired) electrons. The molecule has 1 amide bonds. The van der Waals surface area contributed by atoms with Crippen molar-refractivity contribution in [2.24, 2.45) is 11.8 Å². The molecule has 6 nitrogen and oxygen atoms in total. The van der Waals surface area contributed by atoms with Crippen molar-refractivity contribution in [3.05, 3.63) is 22.3 Å². The van der Waals surface area contributed by atoms with Gasteiger partial charge in [-0.05, 0) is 42.9 Å². The lowest BCUT2D eigenvalue weighted by atomic mass is 9.93. The van der Waals surface area contributed by atoms with Crippen molar-refractivity contribution in [2.45, 2.75) is 39.3 Å². The fraction of sp³-hybridized carbons (Fsp3) is 0.588. The van der Waals surface area contributed by atoms with E-state index in [1.807, 2.05) is 24.4 Å². The number of nitrogens with one attached hydrogen (secondary N) is 2. The number of rotatable bonds is 6. The molecule has 3 unspecified atom stereocenters. The molecule has 3 rings (SSSR count). The van der Waals surface area contributed by atoms with Gasteiger partial charge in [-0.15, -0.1) is 11.3 Å². The summed E-state index contributed by atoms with van der Waals surface area (Å²) in [4.78, 5) is 13.7. The number of carbonyl (C=O) groups is 1. The van der Waals surface area contributed by atoms with Crippen LogP contribution in [-0.4, -0.2) is 39.9 Å². The molecule has 2 aromatic rings. The SMILES string of the molecule is CC(C)C1OCCC1CNC(=O)C(C)n1c(-c2cccs2)n[nH]c1=S. The Bertz CT molecular complexity index is 766. The molecule has 136 valence electrons. The zero-order valence-corrected chi connectivity index (χ0v) is 16.3. The quantitative estimate of drug-likeness (QED) is 0.754. The lowest BCUT2D eigenvalue weighted by molar-refractivity contribution is -0.124. The average molecular weight is 381 g/mol. The third-order valence-corrected chi connectivity index (χ3v) is 5.83. The largest absolute Gasteiger partial charge is 0.378 e. The second-order valence-corrected chi connectivity index (χ2v) is 8.08. The second-order valence-electron chi connectivity index (χ2n) is 6.75. The standard InChI is InChI=1S/C17H24N4O2S2/c1-10(2)14-12(6-7-23-14)9-18-16(22)11(3)21-15(19-20-17(21)24)13-5-4-8-25-13/h4-5,8,10-12,14H,6-7,9H2,1-3H3,(H,18,22)(H,20,24). The molecule has 3 heterocycles. The molecule has 25 heavy (non-hydrogen) atoms. The summed E-state index contributed by atoms with van der Waals surface area (Å²) < 4.78 is 8.03. The number of aromatic amines is 1. The monoisotopic (exact) mass is 380 g/mol. The van der Waals surface area contributed by atoms with Gasteiger partial charge in [0.2, 0.25) is 5.91 Å². The normalized spacial score (nSPS) is 21.6. The summed E-state index contributed by atoms with van der Waals surface area (Å²) >= 11 is 6.91. The summed E-state index contributed by atoms with van der Waals surface area (Å²) in [5, 5.41) is 12.1. The zero-order valence-electron chi connectivity index (χ0n) is 14.7. The van der Waals surface area contributed by atoms with E-state index in [-0.39, 0.29) is 12.0 Å². The summed E-state index contributed by atoms with van der Waals surface area (Å²) in [6, 6.07) is 3.50. The van der Waals surface area contributed by atoms with Crippen LogP contribution < -0.4 is 5.32 Å². The number of nitrogens with zero attached hydrogens (tertiary/aromatic N) is 2. The number of thiophene rings is 1. The van der Waals surface area contributed by atoms with Gasteiger partial charge in [0.25, 0.3) is 0 Å². The molecule has 1 aliphatic rings. The minimum absolute atomic E-state index is 0.0512. The van der Waals surface area contributed by atoms with E-state index in [1.165, 1.54) is 0 Å². The van der Waals surface area contributed by atoms with Crippen LogP contribution in [-0.2, 0) is 9.53 Å². The van der Waals surface area contributed by atoms with Crippen LogP contribution in [0.2, 0.25) is 0 Å². The molecule has 1 saturated heterocycles. The van der Waals surface area contributed by atoms with Crippen LogP contribution >= 0.6 is 23.6 Å². The first-order valence-electron chi connectivity index (χ1n) is 8.59. The Morgan fingerprint density at radius 1 is 1.56 bits per heavy atom. The Morgan fingerprint density at radius 2 is 2.36 bits per heavy atom. The van der Waals surface area contributed by atoms with E-state index in [2.05, 4.69) is 29.4 Å². The third-order valence-electron chi connectivity index (χ3n) is 4.67. The molecule has 8 heteroatoms. The highest BCUT2D eigenvalue weighted by molar-refractivity contribution is 7.71. The van der Waals surface area contributed by atoms with Crippen LogP contribution in [0.4, 0.5) is 0 Å². The molecule has 0 spiro atoms. The number of hydrogen-bond donors (Lipinski definition) is 2. The molecule has 2 aromatic heterocycles. The van der Waals surface area contributed by atoms with Crippen molar-refractivity contribution in [3.8, 4) is 10.7 Å². The van der Waals surface area contributed by atoms with Gasteiger partial charge in [-0.25, -0.2) is 0 Å². The number of carbonyl (C=O) groups excluding carboxylic acids is 1. The Balaban J connectivity index is 1.69. The number of ether oxygens (including phenoxy) is 1. The Labute approximate surface area is 156 Å². The van der Waals surface area contributed by atoms with Crippen molar-refractivity contribution >= 4 is 29.5 Å². The molecular weight excluding hydrogens is 356 g/mol. The van der Waals surface area contributed by atoms with Gasteiger partial charge in [0.1, 0.15) is 6.04 Å². The first-order valence-corrected chi connectivity index (χ1v) is 9.88. The van der Waals surface area contributed by atoms with Gasteiger partial charge >= 0.3 is 0 Å². The van der Waals surface area contributed by atoms with Crippen LogP contribution in [0.3, 0.4) is 0 Å². The number of hydrogen-bond acceptors (Lipinski definition) is 5. The van der Waals surface area contributed by atoms with Gasteiger partial charge in [-0.1, -0.05) is 19.9 Å². The van der Waals surface area contributed by atoms with Crippen LogP contribution in [0.15, 0.2) is 17.5 Å². The third kappa shape index (κ3) is 3.86. The van der Waals surface area contributed by atoms with Gasteiger partial charge in [0.05, 0.1) is 11.0 Å². The maximum atomic E-state index is 12.7. The maximum absolute atomic E-state index is 12.7. The van der Waals surface area contributed by atoms with Gasteiger partial charge in [-0.2, -0.15) is 5.10 Å². The molecule has 1 fully saturated rings. The van der Waals surface area contributed by atoms with E-state index in [0.717, 1.165) is 17.9 Å². The van der Waals surface area contributed by atoms with E-state index >= 15 is 0 Å². The first kappa shape index (κ1) is 18.3. The van der Waals surface area contributed by atoms with E-state index in [9.17, 15) is 4.79 Å². The van der Waals surface area contributed by atoms with E-state index in [4.69, 9.17) is 17.0 Å². The predicted octanol–water partition coefficient (Wildman–Crippen LogP) is 3.41. The number of amides is 1. The van der Waals surface area contributed by atoms with Crippen molar-refractivity contribution in [2.75, 3.05) is 13.2 Å². The molecule has 0 aromatic carbocycles. The molecule has 0 bridgehead atoms. The Hall–Kier alpha value is -1.51. The van der Waals surface area contributed by atoms with Crippen LogP contribution in [0.5, 0.6) is 0 Å². The number of H-pyrrole nitrogens is 1. The van der Waals surface area contributed by atoms with Gasteiger partial charge in [0, 0.05) is 19.1 Å². The van der Waals surface area contributed by atoms with E-state index < -0.39 is 6.04 Å². The highest BCUT2D eigenvalue weighted by Crippen LogP contribution is 2.27. The zero-order chi connectivity index (χ0) is 18.0. The first-order chi connectivity index (χ1) is 12.0. The molecular formula is C17H24N4O2S2. The van der Waals surface area contributed by atoms with Crippen molar-refractivity contribution in [3.63, 3.8) is 0 Å². The fourth-order valence-corrected chi connectivity index (χ4v) is 4.35. The van der Waals surface area contributed by atoms with Crippen molar-refractivity contribution < 1.29 is 9.53 Å².